The van der Waals surface area contributed by atoms with E-state index < -0.39 is 0 Å². The zero-order valence-electron chi connectivity index (χ0n) is 16.1. The summed E-state index contributed by atoms with van der Waals surface area (Å²) in [5.74, 6) is 0.763. The molecule has 0 aliphatic heterocycles. The first-order chi connectivity index (χ1) is 13.5. The van der Waals surface area contributed by atoms with E-state index in [1.54, 1.807) is 6.33 Å². The van der Waals surface area contributed by atoms with Gasteiger partial charge in [0.25, 0.3) is 0 Å². The van der Waals surface area contributed by atoms with Crippen molar-refractivity contribution in [3.05, 3.63) is 102 Å². The number of hydrogen-bond donors (Lipinski definition) is 2. The van der Waals surface area contributed by atoms with Crippen LogP contribution in [-0.4, -0.2) is 17.8 Å². The van der Waals surface area contributed by atoms with Crippen LogP contribution in [0.3, 0.4) is 0 Å². The molecule has 0 atom stereocenters. The molecule has 0 bridgehead atoms. The first kappa shape index (κ1) is 19.4. The third kappa shape index (κ3) is 5.84. The summed E-state index contributed by atoms with van der Waals surface area (Å²) in [6.45, 7) is 9.86. The predicted octanol–water partition coefficient (Wildman–Crippen LogP) is 3.98. The zero-order valence-corrected chi connectivity index (χ0v) is 16.1. The molecule has 0 saturated carbocycles. The van der Waals surface area contributed by atoms with Crippen LogP contribution in [0.2, 0.25) is 0 Å². The summed E-state index contributed by atoms with van der Waals surface area (Å²) in [6, 6.07) is 18.1. The van der Waals surface area contributed by atoms with Crippen LogP contribution in [-0.2, 0) is 12.8 Å². The van der Waals surface area contributed by atoms with Gasteiger partial charge in [-0.1, -0.05) is 55.0 Å². The summed E-state index contributed by atoms with van der Waals surface area (Å²) in [5, 5.41) is 6.43. The van der Waals surface area contributed by atoms with Gasteiger partial charge in [0.1, 0.15) is 20.0 Å². The van der Waals surface area contributed by atoms with Gasteiger partial charge in [-0.05, 0) is 30.2 Å². The molecule has 0 fully saturated rings. The van der Waals surface area contributed by atoms with E-state index in [2.05, 4.69) is 58.0 Å². The zero-order chi connectivity index (χ0) is 19.9. The van der Waals surface area contributed by atoms with Crippen LogP contribution >= 0.6 is 0 Å². The van der Waals surface area contributed by atoms with Gasteiger partial charge in [0.15, 0.2) is 0 Å². The normalized spacial score (nSPS) is 10.3. The van der Waals surface area contributed by atoms with Crippen molar-refractivity contribution < 1.29 is 0 Å². The molecule has 0 unspecified atom stereocenters. The maximum atomic E-state index is 5.71. The fourth-order valence-corrected chi connectivity index (χ4v) is 2.83. The van der Waals surface area contributed by atoms with Crippen LogP contribution in [0, 0.1) is 0 Å². The van der Waals surface area contributed by atoms with Crippen molar-refractivity contribution in [3.8, 4) is 0 Å². The van der Waals surface area contributed by atoms with E-state index in [0.29, 0.717) is 0 Å². The van der Waals surface area contributed by atoms with Gasteiger partial charge in [-0.25, -0.2) is 9.97 Å². The van der Waals surface area contributed by atoms with Crippen LogP contribution in [0.25, 0.3) is 0 Å². The van der Waals surface area contributed by atoms with E-state index in [-0.39, 0.29) is 0 Å². The smallest absolute Gasteiger partial charge is 0.133 e. The number of nitrogens with zero attached hydrogens (tertiary/aromatic N) is 2. The first-order valence-corrected chi connectivity index (χ1v) is 9.09. The third-order valence-corrected chi connectivity index (χ3v) is 4.12. The lowest BCUT2D eigenvalue weighted by Crippen LogP contribution is -2.05. The molecule has 5 heteroatoms. The number of anilines is 2. The molecule has 0 saturated heterocycles. The molecule has 1 aromatic heterocycles. The van der Waals surface area contributed by atoms with Gasteiger partial charge in [0.2, 0.25) is 0 Å². The van der Waals surface area contributed by atoms with Gasteiger partial charge < -0.3 is 10.6 Å². The summed E-state index contributed by atoms with van der Waals surface area (Å²) < 4.78 is 0. The van der Waals surface area contributed by atoms with Gasteiger partial charge in [0, 0.05) is 36.0 Å². The summed E-state index contributed by atoms with van der Waals surface area (Å²) in [7, 11) is 5.71. The summed E-state index contributed by atoms with van der Waals surface area (Å²) in [5.41, 5.74) is 6.87. The largest absolute Gasteiger partial charge is 0.359 e. The lowest BCUT2D eigenvalue weighted by Gasteiger charge is -2.11. The molecule has 0 aliphatic rings. The highest BCUT2D eigenvalue weighted by molar-refractivity contribution is 6.32. The number of rotatable bonds is 8. The maximum absolute atomic E-state index is 5.71. The second-order valence-electron chi connectivity index (χ2n) is 6.82. The van der Waals surface area contributed by atoms with Gasteiger partial charge >= 0.3 is 0 Å². The monoisotopic (exact) mass is 366 g/mol. The fraction of sp³-hybridized carbons (Fsp3) is 0.130. The highest BCUT2D eigenvalue weighted by Crippen LogP contribution is 2.15. The standard InChI is InChI=1S/C23H23BN4/c1-16(2)27-23-14-22(25-15-26-23)13-19-6-4-18(5-7-19)12-17(3)28-21-10-8-20(24)9-11-21/h4-11,14-15,28H,1,3,12-13H2,2H3,(H,25,26,27). The molecule has 3 rings (SSSR count). The molecule has 0 spiro atoms. The number of allylic oxidation sites excluding steroid dienone is 2. The van der Waals surface area contributed by atoms with Crippen molar-refractivity contribution in [1.29, 1.82) is 0 Å². The fourth-order valence-electron chi connectivity index (χ4n) is 2.83. The molecule has 138 valence electrons. The van der Waals surface area contributed by atoms with Gasteiger partial charge in [-0.3, -0.25) is 0 Å². The highest BCUT2D eigenvalue weighted by Gasteiger charge is 2.03. The van der Waals surface area contributed by atoms with Crippen LogP contribution < -0.4 is 16.1 Å². The Morgan fingerprint density at radius 3 is 2.29 bits per heavy atom. The number of nitrogens with one attached hydrogen (secondary N) is 2. The predicted molar refractivity (Wildman–Crippen MR) is 118 cm³/mol. The van der Waals surface area contributed by atoms with E-state index in [1.165, 1.54) is 11.1 Å². The SMILES string of the molecule is [B]c1ccc(NC(=C)Cc2ccc(Cc3cc(NC(=C)C)ncn3)cc2)cc1. The Morgan fingerprint density at radius 1 is 0.929 bits per heavy atom. The second-order valence-corrected chi connectivity index (χ2v) is 6.82. The van der Waals surface area contributed by atoms with Crippen molar-refractivity contribution in [1.82, 2.24) is 9.97 Å². The van der Waals surface area contributed by atoms with E-state index in [9.17, 15) is 0 Å². The van der Waals surface area contributed by atoms with Gasteiger partial charge in [-0.15, -0.1) is 0 Å². The van der Waals surface area contributed by atoms with Crippen molar-refractivity contribution >= 4 is 24.8 Å². The summed E-state index contributed by atoms with van der Waals surface area (Å²) in [4.78, 5) is 8.55. The van der Waals surface area contributed by atoms with E-state index in [0.717, 1.165) is 46.9 Å². The van der Waals surface area contributed by atoms with Crippen LogP contribution in [0.1, 0.15) is 23.7 Å². The number of aromatic nitrogens is 2. The first-order valence-electron chi connectivity index (χ1n) is 9.09. The van der Waals surface area contributed by atoms with Crippen molar-refractivity contribution in [2.24, 2.45) is 0 Å². The topological polar surface area (TPSA) is 49.8 Å². The molecule has 2 radical (unpaired) electrons. The van der Waals surface area contributed by atoms with Gasteiger partial charge in [-0.2, -0.15) is 0 Å². The Labute approximate surface area is 167 Å². The highest BCUT2D eigenvalue weighted by atomic mass is 15.0. The molecule has 28 heavy (non-hydrogen) atoms. The van der Waals surface area contributed by atoms with Crippen molar-refractivity contribution in [2.75, 3.05) is 10.6 Å². The molecule has 0 amide bonds. The lowest BCUT2D eigenvalue weighted by atomic mass is 9.96. The third-order valence-electron chi connectivity index (χ3n) is 4.12. The second kappa shape index (κ2) is 9.04. The van der Waals surface area contributed by atoms with Crippen LogP contribution in [0.5, 0.6) is 0 Å². The lowest BCUT2D eigenvalue weighted by molar-refractivity contribution is 1.02. The Kier molecular flexibility index (Phi) is 6.27. The van der Waals surface area contributed by atoms with Crippen molar-refractivity contribution in [2.45, 2.75) is 19.8 Å². The maximum Gasteiger partial charge on any atom is 0.133 e. The molecule has 2 N–H and O–H groups in total. The minimum Gasteiger partial charge on any atom is -0.359 e. The average Bonchev–Trinajstić information content (AvgIpc) is 2.65. The molecule has 1 heterocycles. The van der Waals surface area contributed by atoms with E-state index in [4.69, 9.17) is 7.85 Å². The molecular formula is C23H23BN4. The number of hydrogen-bond acceptors (Lipinski definition) is 4. The Balaban J connectivity index is 1.58. The van der Waals surface area contributed by atoms with Crippen LogP contribution in [0.15, 0.2) is 85.5 Å². The molecule has 0 aliphatic carbocycles. The Bertz CT molecular complexity index is 963. The molecule has 3 aromatic rings. The molecular weight excluding hydrogens is 343 g/mol. The Hall–Kier alpha value is -3.34. The van der Waals surface area contributed by atoms with E-state index in [1.807, 2.05) is 37.3 Å². The number of benzene rings is 2. The minimum absolute atomic E-state index is 0.748. The summed E-state index contributed by atoms with van der Waals surface area (Å²) >= 11 is 0. The van der Waals surface area contributed by atoms with Crippen molar-refractivity contribution in [3.63, 3.8) is 0 Å². The minimum atomic E-state index is 0.748. The molecule has 2 aromatic carbocycles. The average molecular weight is 366 g/mol. The quantitative estimate of drug-likeness (QED) is 0.593. The van der Waals surface area contributed by atoms with Gasteiger partial charge in [0.05, 0.1) is 5.69 Å². The summed E-state index contributed by atoms with van der Waals surface area (Å²) in [6.07, 6.45) is 3.07. The Morgan fingerprint density at radius 2 is 1.61 bits per heavy atom. The van der Waals surface area contributed by atoms with Crippen LogP contribution in [0.4, 0.5) is 11.5 Å². The molecule has 4 nitrogen and oxygen atoms in total. The van der Waals surface area contributed by atoms with E-state index >= 15 is 0 Å².